The van der Waals surface area contributed by atoms with Crippen molar-refractivity contribution in [1.29, 1.82) is 0 Å². The quantitative estimate of drug-likeness (QED) is 0.319. The van der Waals surface area contributed by atoms with Gasteiger partial charge in [0.15, 0.2) is 0 Å². The third-order valence-corrected chi connectivity index (χ3v) is 1.04. The Morgan fingerprint density at radius 3 is 2.70 bits per heavy atom. The predicted molar refractivity (Wildman–Crippen MR) is 43.4 cm³/mol. The highest BCUT2D eigenvalue weighted by Gasteiger charge is 1.83. The van der Waals surface area contributed by atoms with Crippen molar-refractivity contribution >= 4 is 0 Å². The fraction of sp³-hybridized carbons (Fsp3) is 0.333. The second-order valence-electron chi connectivity index (χ2n) is 1.96. The van der Waals surface area contributed by atoms with Crippen LogP contribution in [0.25, 0.3) is 0 Å². The van der Waals surface area contributed by atoms with E-state index in [1.165, 1.54) is 6.08 Å². The first-order chi connectivity index (χ1) is 4.81. The van der Waals surface area contributed by atoms with Gasteiger partial charge in [0, 0.05) is 0 Å². The van der Waals surface area contributed by atoms with Crippen molar-refractivity contribution in [3.05, 3.63) is 36.7 Å². The summed E-state index contributed by atoms with van der Waals surface area (Å²) in [6.45, 7) is 5.33. The largest absolute Gasteiger partial charge is 0.207 e. The maximum absolute atomic E-state index is 12.5. The molecule has 0 aromatic heterocycles. The lowest BCUT2D eigenvalue weighted by Gasteiger charge is -1.85. The maximum Gasteiger partial charge on any atom is 0.118 e. The second kappa shape index (κ2) is 6.27. The second-order valence-corrected chi connectivity index (χ2v) is 1.96. The molecule has 0 spiro atoms. The number of rotatable bonds is 4. The summed E-state index contributed by atoms with van der Waals surface area (Å²) in [6.07, 6.45) is 8.04. The Bertz CT molecular complexity index is 143. The molecule has 10 heavy (non-hydrogen) atoms. The summed E-state index contributed by atoms with van der Waals surface area (Å²) in [4.78, 5) is 0. The highest BCUT2D eigenvalue weighted by atomic mass is 19.1. The molecule has 0 heterocycles. The fourth-order valence-corrected chi connectivity index (χ4v) is 0.566. The molecular formula is C9H13F. The highest BCUT2D eigenvalue weighted by molar-refractivity contribution is 5.09. The molecule has 0 saturated carbocycles. The van der Waals surface area contributed by atoms with Crippen LogP contribution in [0, 0.1) is 0 Å². The minimum absolute atomic E-state index is 0.163. The van der Waals surface area contributed by atoms with Crippen LogP contribution in [-0.4, -0.2) is 0 Å². The topological polar surface area (TPSA) is 0 Å². The molecule has 0 aliphatic carbocycles. The standard InChI is InChI=1S/C9H13F/c1-3-5-6-8-9(10)7-4-2/h3-4,7-8H,1,5-6H2,2H3/b7-4+,9-8-. The van der Waals surface area contributed by atoms with Crippen LogP contribution >= 0.6 is 0 Å². The smallest absolute Gasteiger partial charge is 0.118 e. The molecule has 0 saturated heterocycles. The fourth-order valence-electron chi connectivity index (χ4n) is 0.566. The van der Waals surface area contributed by atoms with E-state index in [-0.39, 0.29) is 5.83 Å². The molecule has 0 nitrogen and oxygen atoms in total. The van der Waals surface area contributed by atoms with Gasteiger partial charge in [-0.25, -0.2) is 4.39 Å². The average molecular weight is 140 g/mol. The lowest BCUT2D eigenvalue weighted by Crippen LogP contribution is -1.67. The first-order valence-electron chi connectivity index (χ1n) is 3.40. The number of hydrogen-bond acceptors (Lipinski definition) is 0. The predicted octanol–water partition coefficient (Wildman–Crippen LogP) is 3.38. The van der Waals surface area contributed by atoms with Gasteiger partial charge in [0.05, 0.1) is 0 Å². The maximum atomic E-state index is 12.5. The average Bonchev–Trinajstić information content (AvgIpc) is 1.89. The summed E-state index contributed by atoms with van der Waals surface area (Å²) in [5, 5.41) is 0. The van der Waals surface area contributed by atoms with Crippen molar-refractivity contribution in [1.82, 2.24) is 0 Å². The van der Waals surface area contributed by atoms with Crippen LogP contribution in [0.3, 0.4) is 0 Å². The monoisotopic (exact) mass is 140 g/mol. The first kappa shape index (κ1) is 9.15. The lowest BCUT2D eigenvalue weighted by molar-refractivity contribution is 0.659. The van der Waals surface area contributed by atoms with Crippen LogP contribution in [0.2, 0.25) is 0 Å². The van der Waals surface area contributed by atoms with Gasteiger partial charge in [0.1, 0.15) is 5.83 Å². The summed E-state index contributed by atoms with van der Waals surface area (Å²) >= 11 is 0. The molecule has 0 aromatic rings. The Morgan fingerprint density at radius 2 is 2.20 bits per heavy atom. The zero-order valence-corrected chi connectivity index (χ0v) is 6.31. The number of unbranched alkanes of at least 4 members (excludes halogenated alkanes) is 1. The van der Waals surface area contributed by atoms with E-state index in [0.29, 0.717) is 0 Å². The molecule has 0 aliphatic heterocycles. The van der Waals surface area contributed by atoms with E-state index in [0.717, 1.165) is 12.8 Å². The SMILES string of the molecule is C=CCC/C=C(F)/C=C/C. The number of hydrogen-bond donors (Lipinski definition) is 0. The Balaban J connectivity index is 3.57. The third-order valence-electron chi connectivity index (χ3n) is 1.04. The molecule has 0 radical (unpaired) electrons. The van der Waals surface area contributed by atoms with Crippen molar-refractivity contribution in [2.24, 2.45) is 0 Å². The summed E-state index contributed by atoms with van der Waals surface area (Å²) in [6, 6.07) is 0. The Kier molecular flexibility index (Phi) is 5.74. The van der Waals surface area contributed by atoms with Crippen molar-refractivity contribution in [2.75, 3.05) is 0 Å². The molecule has 0 rings (SSSR count). The van der Waals surface area contributed by atoms with Gasteiger partial charge in [-0.1, -0.05) is 12.2 Å². The summed E-state index contributed by atoms with van der Waals surface area (Å²) in [5.74, 6) is -0.163. The normalized spacial score (nSPS) is 12.4. The van der Waals surface area contributed by atoms with Crippen LogP contribution in [-0.2, 0) is 0 Å². The van der Waals surface area contributed by atoms with Gasteiger partial charge in [0.2, 0.25) is 0 Å². The highest BCUT2D eigenvalue weighted by Crippen LogP contribution is 2.02. The van der Waals surface area contributed by atoms with Gasteiger partial charge in [0.25, 0.3) is 0 Å². The van der Waals surface area contributed by atoms with Crippen LogP contribution in [0.4, 0.5) is 4.39 Å². The molecule has 0 bridgehead atoms. The van der Waals surface area contributed by atoms with E-state index < -0.39 is 0 Å². The minimum Gasteiger partial charge on any atom is -0.207 e. The molecule has 0 amide bonds. The zero-order valence-electron chi connectivity index (χ0n) is 6.31. The first-order valence-corrected chi connectivity index (χ1v) is 3.40. The van der Waals surface area contributed by atoms with Gasteiger partial charge < -0.3 is 0 Å². The van der Waals surface area contributed by atoms with Gasteiger partial charge in [-0.15, -0.1) is 6.58 Å². The minimum atomic E-state index is -0.163. The molecule has 0 aromatic carbocycles. The zero-order chi connectivity index (χ0) is 7.82. The molecule has 1 heteroatoms. The molecule has 0 atom stereocenters. The molecule has 0 unspecified atom stereocenters. The Hall–Kier alpha value is -0.850. The van der Waals surface area contributed by atoms with Crippen LogP contribution in [0.15, 0.2) is 36.7 Å². The van der Waals surface area contributed by atoms with Gasteiger partial charge in [-0.05, 0) is 31.9 Å². The van der Waals surface area contributed by atoms with Crippen molar-refractivity contribution < 1.29 is 4.39 Å². The summed E-state index contributed by atoms with van der Waals surface area (Å²) in [5.41, 5.74) is 0. The third kappa shape index (κ3) is 5.29. The molecule has 56 valence electrons. The molecule has 0 N–H and O–H groups in total. The van der Waals surface area contributed by atoms with Crippen LogP contribution in [0.5, 0.6) is 0 Å². The van der Waals surface area contributed by atoms with Crippen molar-refractivity contribution in [2.45, 2.75) is 19.8 Å². The number of halogens is 1. The summed E-state index contributed by atoms with van der Waals surface area (Å²) < 4.78 is 12.5. The van der Waals surface area contributed by atoms with E-state index in [1.807, 2.05) is 0 Å². The molecule has 0 fully saturated rings. The van der Waals surface area contributed by atoms with Crippen LogP contribution < -0.4 is 0 Å². The van der Waals surface area contributed by atoms with Gasteiger partial charge in [-0.3, -0.25) is 0 Å². The van der Waals surface area contributed by atoms with E-state index in [1.54, 1.807) is 25.2 Å². The van der Waals surface area contributed by atoms with Gasteiger partial charge >= 0.3 is 0 Å². The molecule has 0 aliphatic rings. The Morgan fingerprint density at radius 1 is 1.50 bits per heavy atom. The van der Waals surface area contributed by atoms with E-state index in [4.69, 9.17) is 0 Å². The summed E-state index contributed by atoms with van der Waals surface area (Å²) in [7, 11) is 0. The van der Waals surface area contributed by atoms with E-state index >= 15 is 0 Å². The Labute approximate surface area is 61.8 Å². The van der Waals surface area contributed by atoms with Gasteiger partial charge in [-0.2, -0.15) is 0 Å². The molecular weight excluding hydrogens is 127 g/mol. The van der Waals surface area contributed by atoms with Crippen LogP contribution in [0.1, 0.15) is 19.8 Å². The van der Waals surface area contributed by atoms with E-state index in [2.05, 4.69) is 6.58 Å². The van der Waals surface area contributed by atoms with E-state index in [9.17, 15) is 4.39 Å². The number of allylic oxidation sites excluding steroid dienone is 5. The van der Waals surface area contributed by atoms with Crippen molar-refractivity contribution in [3.63, 3.8) is 0 Å². The lowest BCUT2D eigenvalue weighted by atomic mass is 10.3. The van der Waals surface area contributed by atoms with Crippen molar-refractivity contribution in [3.8, 4) is 0 Å².